The van der Waals surface area contributed by atoms with E-state index in [9.17, 15) is 0 Å². The summed E-state index contributed by atoms with van der Waals surface area (Å²) in [6.45, 7) is 9.59. The van der Waals surface area contributed by atoms with E-state index in [4.69, 9.17) is 17.0 Å². The van der Waals surface area contributed by atoms with Gasteiger partial charge in [0.15, 0.2) is 4.77 Å². The average Bonchev–Trinajstić information content (AvgIpc) is 2.71. The number of hydrogen-bond acceptors (Lipinski definition) is 2. The van der Waals surface area contributed by atoms with E-state index >= 15 is 0 Å². The molecule has 1 N–H and O–H groups in total. The highest BCUT2D eigenvalue weighted by molar-refractivity contribution is 7.71. The number of fused-ring (bicyclic) bond motifs is 1. The van der Waals surface area contributed by atoms with E-state index in [1.54, 1.807) is 0 Å². The fraction of sp³-hybridized carbons (Fsp3) is 0.588. The van der Waals surface area contributed by atoms with Crippen LogP contribution >= 0.6 is 12.2 Å². The maximum absolute atomic E-state index is 5.86. The monoisotopic (exact) mass is 306 g/mol. The molecule has 0 aliphatic heterocycles. The quantitative estimate of drug-likeness (QED) is 0.555. The van der Waals surface area contributed by atoms with Gasteiger partial charge in [-0.1, -0.05) is 32.8 Å². The third-order valence-corrected chi connectivity index (χ3v) is 3.87. The van der Waals surface area contributed by atoms with Crippen LogP contribution in [0, 0.1) is 10.7 Å². The first-order chi connectivity index (χ1) is 9.99. The average molecular weight is 306 g/mol. The number of aromatic nitrogens is 2. The minimum absolute atomic E-state index is 0.159. The number of H-pyrrole nitrogens is 1. The Balaban J connectivity index is 2.20. The number of aromatic amines is 1. The lowest BCUT2D eigenvalue weighted by molar-refractivity contribution is 0.245. The summed E-state index contributed by atoms with van der Waals surface area (Å²) in [5.41, 5.74) is 2.16. The molecule has 1 aromatic carbocycles. The molecule has 0 radical (unpaired) electrons. The maximum Gasteiger partial charge on any atom is 0.178 e. The van der Waals surface area contributed by atoms with Gasteiger partial charge in [0.05, 0.1) is 11.6 Å². The molecule has 0 amide bonds. The Morgan fingerprint density at radius 3 is 2.62 bits per heavy atom. The summed E-state index contributed by atoms with van der Waals surface area (Å²) in [7, 11) is 0. The smallest absolute Gasteiger partial charge is 0.178 e. The number of benzene rings is 1. The number of hydrogen-bond donors (Lipinski definition) is 1. The molecular weight excluding hydrogens is 280 g/mol. The molecule has 0 aliphatic carbocycles. The fourth-order valence-electron chi connectivity index (χ4n) is 2.55. The summed E-state index contributed by atoms with van der Waals surface area (Å²) >= 11 is 5.48. The van der Waals surface area contributed by atoms with Crippen LogP contribution in [-0.4, -0.2) is 15.7 Å². The molecule has 0 fully saturated rings. The summed E-state index contributed by atoms with van der Waals surface area (Å²) in [6, 6.07) is 6.14. The van der Waals surface area contributed by atoms with Crippen molar-refractivity contribution in [2.24, 2.45) is 5.92 Å². The zero-order valence-electron chi connectivity index (χ0n) is 13.5. The van der Waals surface area contributed by atoms with E-state index in [2.05, 4.69) is 29.5 Å². The molecule has 21 heavy (non-hydrogen) atoms. The van der Waals surface area contributed by atoms with Crippen LogP contribution in [-0.2, 0) is 6.54 Å². The molecular formula is C17H26N2OS. The van der Waals surface area contributed by atoms with Gasteiger partial charge in [-0.3, -0.25) is 0 Å². The predicted molar refractivity (Wildman–Crippen MR) is 91.6 cm³/mol. The van der Waals surface area contributed by atoms with E-state index in [1.807, 2.05) is 26.0 Å². The minimum atomic E-state index is 0.159. The molecule has 1 heterocycles. The Kier molecular flexibility index (Phi) is 5.45. The van der Waals surface area contributed by atoms with Crippen LogP contribution in [0.3, 0.4) is 0 Å². The molecule has 1 aromatic heterocycles. The van der Waals surface area contributed by atoms with Crippen LogP contribution in [0.1, 0.15) is 47.0 Å². The second-order valence-corrected chi connectivity index (χ2v) is 6.67. The number of aryl methyl sites for hydroxylation is 1. The highest BCUT2D eigenvalue weighted by Crippen LogP contribution is 2.26. The Morgan fingerprint density at radius 2 is 1.95 bits per heavy atom. The van der Waals surface area contributed by atoms with E-state index in [-0.39, 0.29) is 6.10 Å². The van der Waals surface area contributed by atoms with E-state index in [0.717, 1.165) is 40.4 Å². The first-order valence-corrected chi connectivity index (χ1v) is 8.28. The Labute approximate surface area is 132 Å². The SMILES string of the molecule is CC(C)CCCCn1c(=S)[nH]c2c(OC(C)C)cccc21. The second kappa shape index (κ2) is 7.12. The number of ether oxygens (including phenoxy) is 1. The van der Waals surface area contributed by atoms with Gasteiger partial charge in [-0.2, -0.15) is 0 Å². The van der Waals surface area contributed by atoms with Crippen molar-refractivity contribution in [2.75, 3.05) is 0 Å². The zero-order valence-corrected chi connectivity index (χ0v) is 14.3. The Hall–Kier alpha value is -1.29. The van der Waals surface area contributed by atoms with Gasteiger partial charge in [0.2, 0.25) is 0 Å². The molecule has 4 heteroatoms. The normalized spacial score (nSPS) is 11.7. The van der Waals surface area contributed by atoms with Gasteiger partial charge >= 0.3 is 0 Å². The third kappa shape index (κ3) is 4.10. The van der Waals surface area contributed by atoms with Crippen molar-refractivity contribution in [2.45, 2.75) is 59.6 Å². The molecule has 0 atom stereocenters. The van der Waals surface area contributed by atoms with Crippen molar-refractivity contribution in [1.82, 2.24) is 9.55 Å². The number of imidazole rings is 1. The van der Waals surface area contributed by atoms with Crippen LogP contribution in [0.5, 0.6) is 5.75 Å². The Bertz CT molecular complexity index is 640. The topological polar surface area (TPSA) is 29.9 Å². The molecule has 0 bridgehead atoms. The van der Waals surface area contributed by atoms with Crippen molar-refractivity contribution in [3.05, 3.63) is 23.0 Å². The highest BCUT2D eigenvalue weighted by atomic mass is 32.1. The van der Waals surface area contributed by atoms with Crippen LogP contribution in [0.15, 0.2) is 18.2 Å². The number of rotatable bonds is 7. The second-order valence-electron chi connectivity index (χ2n) is 6.29. The van der Waals surface area contributed by atoms with Gasteiger partial charge in [0.25, 0.3) is 0 Å². The molecule has 2 rings (SSSR count). The number of para-hydroxylation sites is 1. The number of nitrogens with one attached hydrogen (secondary N) is 1. The van der Waals surface area contributed by atoms with Crippen LogP contribution in [0.4, 0.5) is 0 Å². The standard InChI is InChI=1S/C17H26N2OS/c1-12(2)8-5-6-11-19-14-9-7-10-15(20-13(3)4)16(14)18-17(19)21/h7,9-10,12-13H,5-6,8,11H2,1-4H3,(H,18,21). The molecule has 3 nitrogen and oxygen atoms in total. The summed E-state index contributed by atoms with van der Waals surface area (Å²) in [6.07, 6.45) is 3.84. The molecule has 0 spiro atoms. The zero-order chi connectivity index (χ0) is 15.4. The molecule has 2 aromatic rings. The van der Waals surface area contributed by atoms with E-state index in [1.165, 1.54) is 12.8 Å². The predicted octanol–water partition coefficient (Wildman–Crippen LogP) is 5.31. The molecule has 116 valence electrons. The molecule has 0 saturated carbocycles. The third-order valence-electron chi connectivity index (χ3n) is 3.55. The van der Waals surface area contributed by atoms with Crippen LogP contribution in [0.2, 0.25) is 0 Å². The van der Waals surface area contributed by atoms with Gasteiger partial charge in [0, 0.05) is 6.54 Å². The van der Waals surface area contributed by atoms with Gasteiger partial charge in [-0.25, -0.2) is 0 Å². The number of nitrogens with zero attached hydrogens (tertiary/aromatic N) is 1. The van der Waals surface area contributed by atoms with Gasteiger partial charge < -0.3 is 14.3 Å². The largest absolute Gasteiger partial charge is 0.489 e. The Morgan fingerprint density at radius 1 is 1.19 bits per heavy atom. The molecule has 0 aliphatic rings. The molecule has 0 saturated heterocycles. The van der Waals surface area contributed by atoms with Crippen molar-refractivity contribution in [3.63, 3.8) is 0 Å². The van der Waals surface area contributed by atoms with E-state index < -0.39 is 0 Å². The fourth-order valence-corrected chi connectivity index (χ4v) is 2.84. The van der Waals surface area contributed by atoms with Crippen LogP contribution < -0.4 is 4.74 Å². The van der Waals surface area contributed by atoms with Crippen molar-refractivity contribution in [1.29, 1.82) is 0 Å². The van der Waals surface area contributed by atoms with Crippen molar-refractivity contribution in [3.8, 4) is 5.75 Å². The maximum atomic E-state index is 5.86. The summed E-state index contributed by atoms with van der Waals surface area (Å²) < 4.78 is 8.84. The molecule has 0 unspecified atom stereocenters. The first-order valence-electron chi connectivity index (χ1n) is 7.87. The van der Waals surface area contributed by atoms with Crippen molar-refractivity contribution >= 4 is 23.3 Å². The van der Waals surface area contributed by atoms with Crippen molar-refractivity contribution < 1.29 is 4.74 Å². The summed E-state index contributed by atoms with van der Waals surface area (Å²) in [5, 5.41) is 0. The lowest BCUT2D eigenvalue weighted by Crippen LogP contribution is -2.05. The summed E-state index contributed by atoms with van der Waals surface area (Å²) in [4.78, 5) is 3.30. The lowest BCUT2D eigenvalue weighted by Gasteiger charge is -2.11. The first kappa shape index (κ1) is 16.1. The van der Waals surface area contributed by atoms with E-state index in [0.29, 0.717) is 0 Å². The van der Waals surface area contributed by atoms with Gasteiger partial charge in [-0.05, 0) is 50.5 Å². The lowest BCUT2D eigenvalue weighted by atomic mass is 10.1. The number of unbranched alkanes of at least 4 members (excludes halogenated alkanes) is 1. The highest BCUT2D eigenvalue weighted by Gasteiger charge is 2.10. The summed E-state index contributed by atoms with van der Waals surface area (Å²) in [5.74, 6) is 1.65. The minimum Gasteiger partial charge on any atom is -0.489 e. The van der Waals surface area contributed by atoms with Gasteiger partial charge in [-0.15, -0.1) is 0 Å². The van der Waals surface area contributed by atoms with Crippen LogP contribution in [0.25, 0.3) is 11.0 Å². The van der Waals surface area contributed by atoms with Gasteiger partial charge in [0.1, 0.15) is 11.3 Å².